The van der Waals surface area contributed by atoms with Gasteiger partial charge in [-0.25, -0.2) is 0 Å². The number of allylic oxidation sites excluding steroid dienone is 1. The van der Waals surface area contributed by atoms with E-state index in [0.717, 1.165) is 18.4 Å². The van der Waals surface area contributed by atoms with Crippen LogP contribution in [-0.2, 0) is 10.2 Å². The van der Waals surface area contributed by atoms with Crippen LogP contribution in [0.1, 0.15) is 18.4 Å². The summed E-state index contributed by atoms with van der Waals surface area (Å²) in [4.78, 5) is 11.1. The van der Waals surface area contributed by atoms with Gasteiger partial charge in [0.1, 0.15) is 11.8 Å². The second-order valence-corrected chi connectivity index (χ2v) is 4.15. The molecule has 0 saturated heterocycles. The first-order chi connectivity index (χ1) is 8.12. The van der Waals surface area contributed by atoms with Crippen molar-refractivity contribution in [2.24, 2.45) is 5.73 Å². The highest BCUT2D eigenvalue weighted by atomic mass is 16.3. The fourth-order valence-electron chi connectivity index (χ4n) is 2.01. The van der Waals surface area contributed by atoms with E-state index < -0.39 is 11.3 Å². The van der Waals surface area contributed by atoms with Gasteiger partial charge in [-0.2, -0.15) is 5.26 Å². The molecule has 0 aliphatic heterocycles. The van der Waals surface area contributed by atoms with E-state index in [2.05, 4.69) is 0 Å². The van der Waals surface area contributed by atoms with Gasteiger partial charge in [0.2, 0.25) is 0 Å². The molecule has 0 bridgehead atoms. The quantitative estimate of drug-likeness (QED) is 0.467. The summed E-state index contributed by atoms with van der Waals surface area (Å²) >= 11 is 0. The number of carbonyl (C=O) groups excluding carboxylic acids is 1. The standard InChI is InChI=1S/C13H12N2O2/c14-8-10(12(15)17)11(16)13(6-7-13)9-4-2-1-3-5-9/h1-5,16H,6-7H2,(H2,15,17)/b11-10+. The smallest absolute Gasteiger partial charge is 0.262 e. The Hall–Kier alpha value is -2.28. The Kier molecular flexibility index (Phi) is 2.60. The minimum absolute atomic E-state index is 0.196. The van der Waals surface area contributed by atoms with Crippen LogP contribution in [0.2, 0.25) is 0 Å². The summed E-state index contributed by atoms with van der Waals surface area (Å²) in [5.41, 5.74) is 5.06. The minimum atomic E-state index is -0.882. The zero-order chi connectivity index (χ0) is 12.5. The number of nitriles is 1. The summed E-state index contributed by atoms with van der Waals surface area (Å²) in [6.45, 7) is 0. The Morgan fingerprint density at radius 1 is 1.35 bits per heavy atom. The number of rotatable bonds is 3. The molecule has 86 valence electrons. The summed E-state index contributed by atoms with van der Waals surface area (Å²) < 4.78 is 0. The number of carbonyl (C=O) groups is 1. The first-order valence-corrected chi connectivity index (χ1v) is 5.31. The van der Waals surface area contributed by atoms with Crippen molar-refractivity contribution in [3.05, 3.63) is 47.2 Å². The van der Waals surface area contributed by atoms with Gasteiger partial charge in [-0.05, 0) is 18.4 Å². The van der Waals surface area contributed by atoms with Crippen LogP contribution in [-0.4, -0.2) is 11.0 Å². The average molecular weight is 228 g/mol. The maximum atomic E-state index is 11.1. The zero-order valence-electron chi connectivity index (χ0n) is 9.18. The normalized spacial score (nSPS) is 17.8. The second-order valence-electron chi connectivity index (χ2n) is 4.15. The molecule has 1 amide bonds. The van der Waals surface area contributed by atoms with E-state index in [1.54, 1.807) is 6.07 Å². The Morgan fingerprint density at radius 2 is 1.94 bits per heavy atom. The van der Waals surface area contributed by atoms with Gasteiger partial charge in [-0.1, -0.05) is 30.3 Å². The number of benzene rings is 1. The van der Waals surface area contributed by atoms with Crippen molar-refractivity contribution in [3.63, 3.8) is 0 Å². The van der Waals surface area contributed by atoms with Crippen molar-refractivity contribution >= 4 is 5.91 Å². The number of primary amides is 1. The summed E-state index contributed by atoms with van der Waals surface area (Å²) in [7, 11) is 0. The molecule has 0 unspecified atom stereocenters. The molecule has 1 saturated carbocycles. The number of aliphatic hydroxyl groups excluding tert-OH is 1. The highest BCUT2D eigenvalue weighted by Gasteiger charge is 2.50. The van der Waals surface area contributed by atoms with Gasteiger partial charge in [-0.3, -0.25) is 4.79 Å². The lowest BCUT2D eigenvalue weighted by Gasteiger charge is -2.15. The van der Waals surface area contributed by atoms with Crippen LogP contribution < -0.4 is 5.73 Å². The van der Waals surface area contributed by atoms with Crippen molar-refractivity contribution in [1.82, 2.24) is 0 Å². The molecule has 3 N–H and O–H groups in total. The molecule has 4 nitrogen and oxygen atoms in total. The maximum Gasteiger partial charge on any atom is 0.262 e. The van der Waals surface area contributed by atoms with E-state index in [1.807, 2.05) is 30.3 Å². The van der Waals surface area contributed by atoms with Gasteiger partial charge >= 0.3 is 0 Å². The molecule has 1 aromatic rings. The number of hydrogen-bond acceptors (Lipinski definition) is 3. The largest absolute Gasteiger partial charge is 0.510 e. The summed E-state index contributed by atoms with van der Waals surface area (Å²) in [6, 6.07) is 11.0. The molecule has 1 aliphatic rings. The van der Waals surface area contributed by atoms with E-state index in [-0.39, 0.29) is 11.3 Å². The third-order valence-electron chi connectivity index (χ3n) is 3.12. The van der Waals surface area contributed by atoms with E-state index in [4.69, 9.17) is 11.0 Å². The molecule has 2 rings (SSSR count). The van der Waals surface area contributed by atoms with Crippen LogP contribution >= 0.6 is 0 Å². The lowest BCUT2D eigenvalue weighted by molar-refractivity contribution is -0.114. The predicted octanol–water partition coefficient (Wildman–Crippen LogP) is 1.54. The van der Waals surface area contributed by atoms with E-state index in [0.29, 0.717) is 0 Å². The molecule has 0 aromatic heterocycles. The number of aliphatic hydroxyl groups is 1. The third kappa shape index (κ3) is 1.76. The van der Waals surface area contributed by atoms with Crippen molar-refractivity contribution in [1.29, 1.82) is 5.26 Å². The fraction of sp³-hybridized carbons (Fsp3) is 0.231. The van der Waals surface area contributed by atoms with Crippen molar-refractivity contribution in [2.75, 3.05) is 0 Å². The molecule has 0 heterocycles. The molecular weight excluding hydrogens is 216 g/mol. The summed E-state index contributed by atoms with van der Waals surface area (Å²) in [6.07, 6.45) is 1.45. The topological polar surface area (TPSA) is 87.1 Å². The predicted molar refractivity (Wildman–Crippen MR) is 61.8 cm³/mol. The van der Waals surface area contributed by atoms with Crippen LogP contribution in [0.4, 0.5) is 0 Å². The SMILES string of the molecule is N#C/C(C(N)=O)=C(\O)C1(c2ccccc2)CC1. The minimum Gasteiger partial charge on any atom is -0.510 e. The maximum absolute atomic E-state index is 11.1. The molecular formula is C13H12N2O2. The molecule has 1 aromatic carbocycles. The highest BCUT2D eigenvalue weighted by Crippen LogP contribution is 2.53. The number of nitrogens with two attached hydrogens (primary N) is 1. The molecule has 0 radical (unpaired) electrons. The van der Waals surface area contributed by atoms with Crippen molar-refractivity contribution in [2.45, 2.75) is 18.3 Å². The van der Waals surface area contributed by atoms with Crippen LogP contribution in [0.15, 0.2) is 41.7 Å². The van der Waals surface area contributed by atoms with E-state index >= 15 is 0 Å². The van der Waals surface area contributed by atoms with E-state index in [9.17, 15) is 9.90 Å². The fourth-order valence-corrected chi connectivity index (χ4v) is 2.01. The van der Waals surface area contributed by atoms with Gasteiger partial charge in [0.25, 0.3) is 5.91 Å². The molecule has 1 aliphatic carbocycles. The zero-order valence-corrected chi connectivity index (χ0v) is 9.18. The van der Waals surface area contributed by atoms with Crippen molar-refractivity contribution < 1.29 is 9.90 Å². The van der Waals surface area contributed by atoms with Crippen LogP contribution in [0.3, 0.4) is 0 Å². The van der Waals surface area contributed by atoms with Crippen LogP contribution in [0.25, 0.3) is 0 Å². The van der Waals surface area contributed by atoms with Gasteiger partial charge in [0.05, 0.1) is 5.41 Å². The lowest BCUT2D eigenvalue weighted by atomic mass is 9.91. The Balaban J connectivity index is 2.48. The average Bonchev–Trinajstić information content (AvgIpc) is 3.11. The molecule has 0 spiro atoms. The summed E-state index contributed by atoms with van der Waals surface area (Å²) in [5, 5.41) is 18.9. The molecule has 17 heavy (non-hydrogen) atoms. The third-order valence-corrected chi connectivity index (χ3v) is 3.12. The van der Waals surface area contributed by atoms with Crippen LogP contribution in [0.5, 0.6) is 0 Å². The Labute approximate surface area is 99.0 Å². The number of amides is 1. The molecule has 4 heteroatoms. The highest BCUT2D eigenvalue weighted by molar-refractivity contribution is 5.96. The second kappa shape index (κ2) is 3.95. The molecule has 1 fully saturated rings. The number of hydrogen-bond donors (Lipinski definition) is 2. The van der Waals surface area contributed by atoms with E-state index in [1.165, 1.54) is 0 Å². The van der Waals surface area contributed by atoms with Crippen LogP contribution in [0, 0.1) is 11.3 Å². The van der Waals surface area contributed by atoms with Gasteiger partial charge < -0.3 is 10.8 Å². The first kappa shape index (κ1) is 11.2. The monoisotopic (exact) mass is 228 g/mol. The van der Waals surface area contributed by atoms with Gasteiger partial charge in [0.15, 0.2) is 5.57 Å². The summed E-state index contributed by atoms with van der Waals surface area (Å²) in [5.74, 6) is -1.08. The van der Waals surface area contributed by atoms with Gasteiger partial charge in [0, 0.05) is 0 Å². The lowest BCUT2D eigenvalue weighted by Crippen LogP contribution is -2.20. The first-order valence-electron chi connectivity index (χ1n) is 5.31. The number of nitrogens with zero attached hydrogens (tertiary/aromatic N) is 1. The van der Waals surface area contributed by atoms with Crippen molar-refractivity contribution in [3.8, 4) is 6.07 Å². The molecule has 0 atom stereocenters. The Bertz CT molecular complexity index is 522. The van der Waals surface area contributed by atoms with Gasteiger partial charge in [-0.15, -0.1) is 0 Å². The Morgan fingerprint density at radius 3 is 2.35 bits per heavy atom.